The van der Waals surface area contributed by atoms with Crippen molar-refractivity contribution in [1.82, 2.24) is 4.90 Å². The number of esters is 1. The summed E-state index contributed by atoms with van der Waals surface area (Å²) in [7, 11) is -3.74. The quantitative estimate of drug-likeness (QED) is 0.714. The maximum absolute atomic E-state index is 13.7. The van der Waals surface area contributed by atoms with E-state index in [4.69, 9.17) is 4.74 Å². The molecule has 1 unspecified atom stereocenters. The van der Waals surface area contributed by atoms with Gasteiger partial charge in [0.2, 0.25) is 0 Å². The van der Waals surface area contributed by atoms with Gasteiger partial charge in [-0.25, -0.2) is 8.78 Å². The lowest BCUT2D eigenvalue weighted by Crippen LogP contribution is -2.42. The van der Waals surface area contributed by atoms with Crippen LogP contribution < -0.4 is 0 Å². The summed E-state index contributed by atoms with van der Waals surface area (Å²) in [6.45, 7) is 0.440. The highest BCUT2D eigenvalue weighted by Gasteiger charge is 2.35. The third-order valence-corrected chi connectivity index (χ3v) is 6.39. The molecule has 0 amide bonds. The molecule has 1 fully saturated rings. The number of hydrogen-bond acceptors (Lipinski definition) is 5. The van der Waals surface area contributed by atoms with Gasteiger partial charge in [0.05, 0.1) is 5.92 Å². The van der Waals surface area contributed by atoms with E-state index in [-0.39, 0.29) is 23.6 Å². The Morgan fingerprint density at radius 2 is 1.97 bits per heavy atom. The lowest BCUT2D eigenvalue weighted by atomic mass is 9.97. The number of nitrogens with zero attached hydrogens (tertiary/aromatic N) is 2. The van der Waals surface area contributed by atoms with E-state index in [9.17, 15) is 22.0 Å². The van der Waals surface area contributed by atoms with Crippen molar-refractivity contribution in [2.45, 2.75) is 24.3 Å². The first-order valence-corrected chi connectivity index (χ1v) is 10.6. The molecule has 1 atom stereocenters. The van der Waals surface area contributed by atoms with E-state index in [0.29, 0.717) is 30.8 Å². The molecule has 0 aliphatic carbocycles. The van der Waals surface area contributed by atoms with Gasteiger partial charge in [0.25, 0.3) is 10.0 Å². The second-order valence-corrected chi connectivity index (χ2v) is 8.56. The van der Waals surface area contributed by atoms with Crippen LogP contribution in [0.2, 0.25) is 0 Å². The fourth-order valence-electron chi connectivity index (χ4n) is 3.61. The number of rotatable bonds is 3. The van der Waals surface area contributed by atoms with Crippen LogP contribution in [-0.4, -0.2) is 38.2 Å². The normalized spacial score (nSPS) is 20.1. The van der Waals surface area contributed by atoms with Crippen molar-refractivity contribution >= 4 is 21.8 Å². The van der Waals surface area contributed by atoms with Crippen LogP contribution in [0.1, 0.15) is 24.0 Å². The highest BCUT2D eigenvalue weighted by atomic mass is 32.2. The van der Waals surface area contributed by atoms with Crippen LogP contribution in [0.4, 0.5) is 8.78 Å². The topological polar surface area (TPSA) is 76.0 Å². The highest BCUT2D eigenvalue weighted by Crippen LogP contribution is 2.30. The van der Waals surface area contributed by atoms with Gasteiger partial charge in [0.15, 0.2) is 17.5 Å². The number of hydrogen-bond donors (Lipinski definition) is 0. The molecule has 0 spiro atoms. The van der Waals surface area contributed by atoms with Gasteiger partial charge in [-0.2, -0.15) is 8.42 Å². The zero-order valence-electron chi connectivity index (χ0n) is 15.3. The van der Waals surface area contributed by atoms with Gasteiger partial charge < -0.3 is 9.64 Å². The SMILES string of the molecule is O=C(OCc1cccc(F)c1F)C1CCCN(C2=NS(=O)(=O)c3ccccc32)C1. The van der Waals surface area contributed by atoms with Crippen LogP contribution >= 0.6 is 0 Å². The van der Waals surface area contributed by atoms with Gasteiger partial charge in [-0.15, -0.1) is 4.40 Å². The van der Waals surface area contributed by atoms with Crippen LogP contribution in [-0.2, 0) is 26.2 Å². The van der Waals surface area contributed by atoms with Crippen LogP contribution in [0.3, 0.4) is 0 Å². The second-order valence-electron chi connectivity index (χ2n) is 6.99. The average Bonchev–Trinajstić information content (AvgIpc) is 3.00. The largest absolute Gasteiger partial charge is 0.460 e. The Balaban J connectivity index is 1.46. The Morgan fingerprint density at radius 1 is 1.17 bits per heavy atom. The van der Waals surface area contributed by atoms with Crippen molar-refractivity contribution < 1.29 is 26.7 Å². The molecule has 2 aliphatic heterocycles. The minimum atomic E-state index is -3.74. The van der Waals surface area contributed by atoms with Crippen molar-refractivity contribution in [1.29, 1.82) is 0 Å². The minimum absolute atomic E-state index is 0.0359. The number of benzene rings is 2. The van der Waals surface area contributed by atoms with Crippen molar-refractivity contribution in [3.8, 4) is 0 Å². The summed E-state index contributed by atoms with van der Waals surface area (Å²) in [5.74, 6) is -2.75. The average molecular weight is 420 g/mol. The predicted octanol–water partition coefficient (Wildman–Crippen LogP) is 2.87. The number of sulfonamides is 1. The van der Waals surface area contributed by atoms with Crippen LogP contribution in [0.25, 0.3) is 0 Å². The van der Waals surface area contributed by atoms with Crippen molar-refractivity contribution in [2.75, 3.05) is 13.1 Å². The zero-order valence-corrected chi connectivity index (χ0v) is 16.2. The number of halogens is 2. The number of fused-ring (bicyclic) bond motifs is 1. The molecule has 9 heteroatoms. The smallest absolute Gasteiger partial charge is 0.311 e. The molecular formula is C20H18F2N2O4S. The first-order chi connectivity index (χ1) is 13.9. The highest BCUT2D eigenvalue weighted by molar-refractivity contribution is 7.90. The van der Waals surface area contributed by atoms with Gasteiger partial charge in [-0.3, -0.25) is 4.79 Å². The van der Waals surface area contributed by atoms with E-state index in [1.807, 2.05) is 0 Å². The van der Waals surface area contributed by atoms with Gasteiger partial charge in [0, 0.05) is 24.2 Å². The summed E-state index contributed by atoms with van der Waals surface area (Å²) in [6.07, 6.45) is 1.21. The van der Waals surface area contributed by atoms with Crippen LogP contribution in [0, 0.1) is 17.6 Å². The number of carbonyl (C=O) groups excluding carboxylic acids is 1. The van der Waals surface area contributed by atoms with E-state index in [2.05, 4.69) is 4.40 Å². The number of likely N-dealkylation sites (tertiary alicyclic amines) is 1. The third kappa shape index (κ3) is 3.74. The van der Waals surface area contributed by atoms with Gasteiger partial charge in [-0.05, 0) is 31.0 Å². The molecule has 4 rings (SSSR count). The summed E-state index contributed by atoms with van der Waals surface area (Å²) >= 11 is 0. The summed E-state index contributed by atoms with van der Waals surface area (Å²) in [5.41, 5.74) is 0.481. The Morgan fingerprint density at radius 3 is 2.79 bits per heavy atom. The molecular weight excluding hydrogens is 402 g/mol. The van der Waals surface area contributed by atoms with Gasteiger partial charge in [-0.1, -0.05) is 24.3 Å². The van der Waals surface area contributed by atoms with Gasteiger partial charge in [0.1, 0.15) is 11.5 Å². The monoisotopic (exact) mass is 420 g/mol. The Hall–Kier alpha value is -2.81. The van der Waals surface area contributed by atoms with E-state index < -0.39 is 33.5 Å². The van der Waals surface area contributed by atoms with Crippen molar-refractivity contribution in [3.63, 3.8) is 0 Å². The molecule has 2 heterocycles. The van der Waals surface area contributed by atoms with E-state index in [0.717, 1.165) is 6.07 Å². The molecule has 0 bridgehead atoms. The van der Waals surface area contributed by atoms with E-state index in [1.165, 1.54) is 18.2 Å². The standard InChI is InChI=1S/C20H18F2N2O4S/c21-16-8-3-5-14(18(16)22)12-28-20(25)13-6-4-10-24(11-13)19-15-7-1-2-9-17(15)29(26,27)23-19/h1-3,5,7-9,13H,4,6,10-12H2. The second kappa shape index (κ2) is 7.55. The summed E-state index contributed by atoms with van der Waals surface area (Å²) in [6, 6.07) is 10.3. The fourth-order valence-corrected chi connectivity index (χ4v) is 4.83. The lowest BCUT2D eigenvalue weighted by Gasteiger charge is -2.32. The van der Waals surface area contributed by atoms with Crippen molar-refractivity contribution in [3.05, 3.63) is 65.2 Å². The van der Waals surface area contributed by atoms with Crippen LogP contribution in [0.15, 0.2) is 51.8 Å². The number of amidine groups is 1. The molecule has 29 heavy (non-hydrogen) atoms. The molecule has 0 saturated carbocycles. The maximum Gasteiger partial charge on any atom is 0.311 e. The summed E-state index contributed by atoms with van der Waals surface area (Å²) < 4.78 is 60.6. The Labute approximate surface area is 166 Å². The molecule has 2 aromatic carbocycles. The first kappa shape index (κ1) is 19.5. The van der Waals surface area contributed by atoms with Crippen LogP contribution in [0.5, 0.6) is 0 Å². The summed E-state index contributed by atoms with van der Waals surface area (Å²) in [4.78, 5) is 14.4. The van der Waals surface area contributed by atoms with E-state index in [1.54, 1.807) is 23.1 Å². The Kier molecular flexibility index (Phi) is 5.08. The minimum Gasteiger partial charge on any atom is -0.460 e. The first-order valence-electron chi connectivity index (χ1n) is 9.15. The zero-order chi connectivity index (χ0) is 20.6. The molecule has 2 aliphatic rings. The Bertz CT molecular complexity index is 1100. The third-order valence-electron chi connectivity index (χ3n) is 5.07. The fraction of sp³-hybridized carbons (Fsp3) is 0.300. The number of ether oxygens (including phenoxy) is 1. The van der Waals surface area contributed by atoms with Gasteiger partial charge >= 0.3 is 5.97 Å². The maximum atomic E-state index is 13.7. The predicted molar refractivity (Wildman–Crippen MR) is 101 cm³/mol. The molecule has 6 nitrogen and oxygen atoms in total. The molecule has 0 N–H and O–H groups in total. The molecule has 1 saturated heterocycles. The molecule has 0 radical (unpaired) electrons. The molecule has 2 aromatic rings. The molecule has 152 valence electrons. The summed E-state index contributed by atoms with van der Waals surface area (Å²) in [5, 5.41) is 0. The van der Waals surface area contributed by atoms with Crippen molar-refractivity contribution in [2.24, 2.45) is 10.3 Å². The number of carbonyl (C=O) groups is 1. The molecule has 0 aromatic heterocycles. The van der Waals surface area contributed by atoms with E-state index >= 15 is 0 Å². The number of piperidine rings is 1. The lowest BCUT2D eigenvalue weighted by molar-refractivity contribution is -0.151.